The Balaban J connectivity index is 1.41. The Hall–Kier alpha value is -3.14. The van der Waals surface area contributed by atoms with Crippen LogP contribution in [0.4, 0.5) is 0 Å². The van der Waals surface area contributed by atoms with Crippen LogP contribution in [0.1, 0.15) is 5.56 Å². The smallest absolute Gasteiger partial charge is 0.231 e. The van der Waals surface area contributed by atoms with Crippen LogP contribution in [0.3, 0.4) is 0 Å². The monoisotopic (exact) mass is 317 g/mol. The van der Waals surface area contributed by atoms with Crippen molar-refractivity contribution < 1.29 is 14.2 Å². The molecule has 2 heterocycles. The van der Waals surface area contributed by atoms with E-state index in [1.807, 2.05) is 36.4 Å². The van der Waals surface area contributed by atoms with Crippen molar-refractivity contribution in [2.24, 2.45) is 0 Å². The zero-order valence-corrected chi connectivity index (χ0v) is 12.9. The molecule has 0 amide bonds. The van der Waals surface area contributed by atoms with Crippen LogP contribution >= 0.6 is 0 Å². The predicted octanol–water partition coefficient (Wildman–Crippen LogP) is 4.63. The molecule has 118 valence electrons. The average Bonchev–Trinajstić information content (AvgIpc) is 3.23. The van der Waals surface area contributed by atoms with Crippen molar-refractivity contribution >= 4 is 21.8 Å². The highest BCUT2D eigenvalue weighted by Crippen LogP contribution is 2.33. The fourth-order valence-electron chi connectivity index (χ4n) is 3.12. The SMILES string of the molecule is c1ccc2c(c1)[nH]c1cc(OCc3ccc4c(c3)OCO4)ccc12. The van der Waals surface area contributed by atoms with Crippen molar-refractivity contribution in [3.8, 4) is 17.2 Å². The Kier molecular flexibility index (Phi) is 2.88. The first-order valence-corrected chi connectivity index (χ1v) is 7.89. The van der Waals surface area contributed by atoms with Gasteiger partial charge in [-0.25, -0.2) is 0 Å². The third-order valence-corrected chi connectivity index (χ3v) is 4.32. The number of aromatic nitrogens is 1. The van der Waals surface area contributed by atoms with Crippen LogP contribution in [-0.2, 0) is 6.61 Å². The largest absolute Gasteiger partial charge is 0.489 e. The Morgan fingerprint density at radius 1 is 0.833 bits per heavy atom. The Morgan fingerprint density at radius 2 is 1.71 bits per heavy atom. The van der Waals surface area contributed by atoms with Crippen LogP contribution < -0.4 is 14.2 Å². The summed E-state index contributed by atoms with van der Waals surface area (Å²) < 4.78 is 16.7. The van der Waals surface area contributed by atoms with Crippen LogP contribution in [0.5, 0.6) is 17.2 Å². The maximum absolute atomic E-state index is 5.94. The molecule has 1 aliphatic heterocycles. The maximum Gasteiger partial charge on any atom is 0.231 e. The summed E-state index contributed by atoms with van der Waals surface area (Å²) in [6.07, 6.45) is 0. The summed E-state index contributed by atoms with van der Waals surface area (Å²) in [5.74, 6) is 2.41. The standard InChI is InChI=1S/C20H15NO3/c1-2-4-17-15(3-1)16-7-6-14(10-18(16)21-17)22-11-13-5-8-19-20(9-13)24-12-23-19/h1-10,21H,11-12H2. The van der Waals surface area contributed by atoms with E-state index in [1.165, 1.54) is 10.8 Å². The van der Waals surface area contributed by atoms with Crippen LogP contribution in [0.25, 0.3) is 21.8 Å². The van der Waals surface area contributed by atoms with Crippen molar-refractivity contribution in [3.63, 3.8) is 0 Å². The van der Waals surface area contributed by atoms with Crippen LogP contribution in [-0.4, -0.2) is 11.8 Å². The van der Waals surface area contributed by atoms with Gasteiger partial charge >= 0.3 is 0 Å². The van der Waals surface area contributed by atoms with E-state index in [1.54, 1.807) is 0 Å². The molecule has 0 bridgehead atoms. The molecule has 24 heavy (non-hydrogen) atoms. The first kappa shape index (κ1) is 13.3. The van der Waals surface area contributed by atoms with Crippen molar-refractivity contribution in [1.82, 2.24) is 4.98 Å². The Bertz CT molecular complexity index is 1050. The highest BCUT2D eigenvalue weighted by Gasteiger charge is 2.13. The van der Waals surface area contributed by atoms with Gasteiger partial charge in [-0.05, 0) is 35.9 Å². The number of H-pyrrole nitrogens is 1. The van der Waals surface area contributed by atoms with E-state index in [0.29, 0.717) is 6.61 Å². The molecule has 0 radical (unpaired) electrons. The summed E-state index contributed by atoms with van der Waals surface area (Å²) in [4.78, 5) is 3.43. The van der Waals surface area contributed by atoms with Gasteiger partial charge in [-0.15, -0.1) is 0 Å². The molecule has 0 saturated carbocycles. The minimum Gasteiger partial charge on any atom is -0.489 e. The molecule has 0 fully saturated rings. The van der Waals surface area contributed by atoms with Gasteiger partial charge in [-0.3, -0.25) is 0 Å². The maximum atomic E-state index is 5.94. The van der Waals surface area contributed by atoms with E-state index in [4.69, 9.17) is 14.2 Å². The molecule has 0 atom stereocenters. The van der Waals surface area contributed by atoms with Gasteiger partial charge in [0.25, 0.3) is 0 Å². The van der Waals surface area contributed by atoms with Crippen molar-refractivity contribution in [3.05, 3.63) is 66.2 Å². The molecule has 0 spiro atoms. The van der Waals surface area contributed by atoms with Gasteiger partial charge in [-0.1, -0.05) is 24.3 Å². The number of benzene rings is 3. The second kappa shape index (κ2) is 5.20. The van der Waals surface area contributed by atoms with E-state index in [9.17, 15) is 0 Å². The van der Waals surface area contributed by atoms with Crippen LogP contribution in [0.2, 0.25) is 0 Å². The number of hydrogen-bond donors (Lipinski definition) is 1. The van der Waals surface area contributed by atoms with Gasteiger partial charge in [0.2, 0.25) is 6.79 Å². The zero-order chi connectivity index (χ0) is 15.9. The second-order valence-corrected chi connectivity index (χ2v) is 5.85. The molecule has 1 N–H and O–H groups in total. The highest BCUT2D eigenvalue weighted by molar-refractivity contribution is 6.07. The minimum atomic E-state index is 0.288. The number of ether oxygens (including phenoxy) is 3. The molecule has 0 unspecified atom stereocenters. The zero-order valence-electron chi connectivity index (χ0n) is 12.9. The lowest BCUT2D eigenvalue weighted by Crippen LogP contribution is -1.95. The van der Waals surface area contributed by atoms with Crippen molar-refractivity contribution in [2.75, 3.05) is 6.79 Å². The second-order valence-electron chi connectivity index (χ2n) is 5.85. The van der Waals surface area contributed by atoms with Gasteiger partial charge in [-0.2, -0.15) is 0 Å². The third kappa shape index (κ3) is 2.15. The van der Waals surface area contributed by atoms with E-state index < -0.39 is 0 Å². The quantitative estimate of drug-likeness (QED) is 0.599. The van der Waals surface area contributed by atoms with Crippen LogP contribution in [0.15, 0.2) is 60.7 Å². The molecule has 0 aliphatic carbocycles. The summed E-state index contributed by atoms with van der Waals surface area (Å²) in [6.45, 7) is 0.777. The summed E-state index contributed by atoms with van der Waals surface area (Å²) >= 11 is 0. The van der Waals surface area contributed by atoms with Gasteiger partial charge in [0.05, 0.1) is 5.52 Å². The highest BCUT2D eigenvalue weighted by atomic mass is 16.7. The number of rotatable bonds is 3. The molecule has 4 aromatic rings. The Morgan fingerprint density at radius 3 is 2.71 bits per heavy atom. The first-order valence-electron chi connectivity index (χ1n) is 7.89. The van der Waals surface area contributed by atoms with Gasteiger partial charge in [0.1, 0.15) is 12.4 Å². The number of aromatic amines is 1. The number of fused-ring (bicyclic) bond motifs is 4. The lowest BCUT2D eigenvalue weighted by molar-refractivity contribution is 0.174. The summed E-state index contributed by atoms with van der Waals surface area (Å²) in [5.41, 5.74) is 3.27. The summed E-state index contributed by atoms with van der Waals surface area (Å²) in [7, 11) is 0. The van der Waals surface area contributed by atoms with E-state index in [2.05, 4.69) is 29.2 Å². The predicted molar refractivity (Wildman–Crippen MR) is 92.7 cm³/mol. The topological polar surface area (TPSA) is 43.5 Å². The fourth-order valence-corrected chi connectivity index (χ4v) is 3.12. The van der Waals surface area contributed by atoms with Gasteiger partial charge < -0.3 is 19.2 Å². The molecule has 5 rings (SSSR count). The molecular weight excluding hydrogens is 302 g/mol. The minimum absolute atomic E-state index is 0.288. The third-order valence-electron chi connectivity index (χ3n) is 4.32. The van der Waals surface area contributed by atoms with E-state index >= 15 is 0 Å². The van der Waals surface area contributed by atoms with Crippen molar-refractivity contribution in [1.29, 1.82) is 0 Å². The molecule has 0 saturated heterocycles. The molecule has 3 aromatic carbocycles. The van der Waals surface area contributed by atoms with E-state index in [-0.39, 0.29) is 6.79 Å². The average molecular weight is 317 g/mol. The fraction of sp³-hybridized carbons (Fsp3) is 0.100. The van der Waals surface area contributed by atoms with Crippen molar-refractivity contribution in [2.45, 2.75) is 6.61 Å². The lowest BCUT2D eigenvalue weighted by Gasteiger charge is -2.07. The van der Waals surface area contributed by atoms with Crippen LogP contribution in [0, 0.1) is 0 Å². The van der Waals surface area contributed by atoms with Gasteiger partial charge in [0.15, 0.2) is 11.5 Å². The Labute approximate surface area is 138 Å². The molecule has 1 aliphatic rings. The first-order chi connectivity index (χ1) is 11.9. The van der Waals surface area contributed by atoms with E-state index in [0.717, 1.165) is 33.8 Å². The molecular formula is C20H15NO3. The number of hydrogen-bond acceptors (Lipinski definition) is 3. The normalized spacial score (nSPS) is 12.8. The molecule has 4 heteroatoms. The summed E-state index contributed by atoms with van der Waals surface area (Å²) in [5, 5.41) is 2.44. The molecule has 1 aromatic heterocycles. The molecule has 4 nitrogen and oxygen atoms in total. The number of nitrogens with one attached hydrogen (secondary N) is 1. The summed E-state index contributed by atoms with van der Waals surface area (Å²) in [6, 6.07) is 20.3. The van der Waals surface area contributed by atoms with Gasteiger partial charge in [0, 0.05) is 22.4 Å². The number of para-hydroxylation sites is 1. The lowest BCUT2D eigenvalue weighted by atomic mass is 10.1.